The van der Waals surface area contributed by atoms with E-state index < -0.39 is 0 Å². The van der Waals surface area contributed by atoms with Crippen molar-refractivity contribution in [1.82, 2.24) is 4.98 Å². The summed E-state index contributed by atoms with van der Waals surface area (Å²) in [6.45, 7) is 0. The second-order valence-corrected chi connectivity index (χ2v) is 4.74. The smallest absolute Gasteiger partial charge is 0.127 e. The third-order valence-corrected chi connectivity index (χ3v) is 3.20. The number of hydrogen-bond acceptors (Lipinski definition) is 3. The van der Waals surface area contributed by atoms with Crippen LogP contribution in [0.1, 0.15) is 0 Å². The molecule has 0 unspecified atom stereocenters. The van der Waals surface area contributed by atoms with Gasteiger partial charge in [0.15, 0.2) is 0 Å². The largest absolute Gasteiger partial charge is 0.457 e. The van der Waals surface area contributed by atoms with E-state index in [1.807, 2.05) is 49.5 Å². The van der Waals surface area contributed by atoms with Gasteiger partial charge in [0.2, 0.25) is 0 Å². The second kappa shape index (κ2) is 6.26. The van der Waals surface area contributed by atoms with Gasteiger partial charge in [-0.3, -0.25) is 0 Å². The fourth-order valence-electron chi connectivity index (χ4n) is 2.07. The maximum Gasteiger partial charge on any atom is 0.127 e. The Kier molecular flexibility index (Phi) is 4.01. The molecule has 0 aliphatic heterocycles. The molecule has 4 heteroatoms. The topological polar surface area (TPSA) is 34.1 Å². The number of nitrogens with one attached hydrogen (secondary N) is 1. The molecule has 0 fully saturated rings. The van der Waals surface area contributed by atoms with E-state index in [9.17, 15) is 4.39 Å². The van der Waals surface area contributed by atoms with Gasteiger partial charge in [-0.05, 0) is 60.7 Å². The molecule has 0 aliphatic rings. The third kappa shape index (κ3) is 3.23. The van der Waals surface area contributed by atoms with Gasteiger partial charge in [-0.25, -0.2) is 9.37 Å². The van der Waals surface area contributed by atoms with Crippen LogP contribution in [-0.2, 0) is 0 Å². The Balaban J connectivity index is 1.78. The summed E-state index contributed by atoms with van der Waals surface area (Å²) in [6, 6.07) is 19.4. The van der Waals surface area contributed by atoms with Gasteiger partial charge in [0, 0.05) is 12.6 Å². The molecule has 0 atom stereocenters. The fourth-order valence-corrected chi connectivity index (χ4v) is 2.07. The van der Waals surface area contributed by atoms with Crippen LogP contribution < -0.4 is 10.1 Å². The first-order chi connectivity index (χ1) is 10.7. The third-order valence-electron chi connectivity index (χ3n) is 3.20. The van der Waals surface area contributed by atoms with Gasteiger partial charge in [-0.1, -0.05) is 6.07 Å². The predicted octanol–water partition coefficient (Wildman–Crippen LogP) is 4.72. The van der Waals surface area contributed by atoms with Gasteiger partial charge < -0.3 is 10.1 Å². The summed E-state index contributed by atoms with van der Waals surface area (Å²) in [7, 11) is 1.84. The van der Waals surface area contributed by atoms with E-state index in [-0.39, 0.29) is 5.82 Å². The highest BCUT2D eigenvalue weighted by atomic mass is 19.1. The molecule has 1 aromatic heterocycles. The van der Waals surface area contributed by atoms with Crippen LogP contribution in [0.15, 0.2) is 66.7 Å². The van der Waals surface area contributed by atoms with Crippen LogP contribution in [0.2, 0.25) is 0 Å². The summed E-state index contributed by atoms with van der Waals surface area (Å²) in [5.41, 5.74) is 1.89. The predicted molar refractivity (Wildman–Crippen MR) is 85.7 cm³/mol. The average molecular weight is 294 g/mol. The van der Waals surface area contributed by atoms with E-state index >= 15 is 0 Å². The summed E-state index contributed by atoms with van der Waals surface area (Å²) in [4.78, 5) is 4.49. The molecule has 22 heavy (non-hydrogen) atoms. The van der Waals surface area contributed by atoms with Gasteiger partial charge in [-0.2, -0.15) is 0 Å². The van der Waals surface area contributed by atoms with Crippen molar-refractivity contribution >= 4 is 5.82 Å². The Labute approximate surface area is 128 Å². The molecule has 0 saturated carbocycles. The maximum absolute atomic E-state index is 12.9. The lowest BCUT2D eigenvalue weighted by Gasteiger charge is -2.07. The molecule has 0 amide bonds. The Bertz CT molecular complexity index is 755. The van der Waals surface area contributed by atoms with Crippen LogP contribution in [0.5, 0.6) is 11.5 Å². The highest BCUT2D eigenvalue weighted by Crippen LogP contribution is 2.25. The monoisotopic (exact) mass is 294 g/mol. The minimum absolute atomic E-state index is 0.279. The van der Waals surface area contributed by atoms with Crippen molar-refractivity contribution in [3.05, 3.63) is 72.5 Å². The van der Waals surface area contributed by atoms with Crippen molar-refractivity contribution in [1.29, 1.82) is 0 Å². The summed E-state index contributed by atoms with van der Waals surface area (Å²) in [5.74, 6) is 1.84. The molecule has 1 N–H and O–H groups in total. The van der Waals surface area contributed by atoms with Crippen LogP contribution in [0.3, 0.4) is 0 Å². The SMILES string of the molecule is CNc1cccc(-c2ccc(Oc3ccc(F)cc3)cc2)n1. The van der Waals surface area contributed by atoms with E-state index in [2.05, 4.69) is 10.3 Å². The van der Waals surface area contributed by atoms with Crippen molar-refractivity contribution in [2.75, 3.05) is 12.4 Å². The van der Waals surface area contributed by atoms with Crippen molar-refractivity contribution in [2.45, 2.75) is 0 Å². The number of pyridine rings is 1. The molecule has 0 aliphatic carbocycles. The molecule has 0 saturated heterocycles. The maximum atomic E-state index is 12.9. The summed E-state index contributed by atoms with van der Waals surface area (Å²) in [6.07, 6.45) is 0. The minimum atomic E-state index is -0.279. The van der Waals surface area contributed by atoms with Crippen LogP contribution in [0.25, 0.3) is 11.3 Å². The lowest BCUT2D eigenvalue weighted by molar-refractivity contribution is 0.480. The zero-order valence-corrected chi connectivity index (χ0v) is 12.1. The van der Waals surface area contributed by atoms with Crippen LogP contribution in [-0.4, -0.2) is 12.0 Å². The van der Waals surface area contributed by atoms with Crippen molar-refractivity contribution < 1.29 is 9.13 Å². The van der Waals surface area contributed by atoms with Crippen LogP contribution in [0, 0.1) is 5.82 Å². The van der Waals surface area contributed by atoms with Gasteiger partial charge in [0.25, 0.3) is 0 Å². The molecule has 1 heterocycles. The lowest BCUT2D eigenvalue weighted by atomic mass is 10.1. The molecule has 3 aromatic rings. The van der Waals surface area contributed by atoms with E-state index in [1.54, 1.807) is 12.1 Å². The zero-order valence-electron chi connectivity index (χ0n) is 12.1. The Morgan fingerprint density at radius 3 is 2.14 bits per heavy atom. The standard InChI is InChI=1S/C18H15FN2O/c1-20-18-4-2-3-17(21-18)13-5-9-15(10-6-13)22-16-11-7-14(19)8-12-16/h2-12H,1H3,(H,20,21). The Hall–Kier alpha value is -2.88. The summed E-state index contributed by atoms with van der Waals surface area (Å²) in [5, 5.41) is 3.02. The van der Waals surface area contributed by atoms with Gasteiger partial charge in [0.1, 0.15) is 23.1 Å². The number of ether oxygens (including phenoxy) is 1. The number of hydrogen-bond donors (Lipinski definition) is 1. The molecule has 0 spiro atoms. The number of halogens is 1. The highest BCUT2D eigenvalue weighted by Gasteiger charge is 2.02. The van der Waals surface area contributed by atoms with Crippen molar-refractivity contribution in [3.8, 4) is 22.8 Å². The lowest BCUT2D eigenvalue weighted by Crippen LogP contribution is -1.93. The Morgan fingerprint density at radius 1 is 0.864 bits per heavy atom. The van der Waals surface area contributed by atoms with E-state index in [0.29, 0.717) is 11.5 Å². The summed E-state index contributed by atoms with van der Waals surface area (Å²) < 4.78 is 18.5. The van der Waals surface area contributed by atoms with Gasteiger partial charge >= 0.3 is 0 Å². The number of nitrogens with zero attached hydrogens (tertiary/aromatic N) is 1. The minimum Gasteiger partial charge on any atom is -0.457 e. The molecule has 0 bridgehead atoms. The van der Waals surface area contributed by atoms with Crippen LogP contribution >= 0.6 is 0 Å². The number of anilines is 1. The van der Waals surface area contributed by atoms with Crippen molar-refractivity contribution in [2.24, 2.45) is 0 Å². The first-order valence-corrected chi connectivity index (χ1v) is 6.93. The summed E-state index contributed by atoms with van der Waals surface area (Å²) >= 11 is 0. The quantitative estimate of drug-likeness (QED) is 0.756. The zero-order chi connectivity index (χ0) is 15.4. The van der Waals surface area contributed by atoms with Gasteiger partial charge in [-0.15, -0.1) is 0 Å². The van der Waals surface area contributed by atoms with Crippen molar-refractivity contribution in [3.63, 3.8) is 0 Å². The van der Waals surface area contributed by atoms with E-state index in [4.69, 9.17) is 4.74 Å². The van der Waals surface area contributed by atoms with Gasteiger partial charge in [0.05, 0.1) is 5.69 Å². The molecular weight excluding hydrogens is 279 g/mol. The molecule has 3 nitrogen and oxygen atoms in total. The van der Waals surface area contributed by atoms with Crippen LogP contribution in [0.4, 0.5) is 10.2 Å². The number of benzene rings is 2. The number of aromatic nitrogens is 1. The van der Waals surface area contributed by atoms with E-state index in [0.717, 1.165) is 17.1 Å². The number of rotatable bonds is 4. The molecule has 2 aromatic carbocycles. The highest BCUT2D eigenvalue weighted by molar-refractivity contribution is 5.62. The first kappa shape index (κ1) is 14.1. The average Bonchev–Trinajstić information content (AvgIpc) is 2.58. The molecule has 3 rings (SSSR count). The first-order valence-electron chi connectivity index (χ1n) is 6.93. The molecule has 110 valence electrons. The normalized spacial score (nSPS) is 10.3. The van der Waals surface area contributed by atoms with E-state index in [1.165, 1.54) is 12.1 Å². The fraction of sp³-hybridized carbons (Fsp3) is 0.0556. The molecule has 0 radical (unpaired) electrons. The molecular formula is C18H15FN2O. The Morgan fingerprint density at radius 2 is 1.50 bits per heavy atom. The second-order valence-electron chi connectivity index (χ2n) is 4.74.